The van der Waals surface area contributed by atoms with Gasteiger partial charge in [-0.2, -0.15) is 0 Å². The van der Waals surface area contributed by atoms with Gasteiger partial charge in [-0.05, 0) is 56.0 Å². The largest absolute Gasteiger partial charge is 0.468 e. The van der Waals surface area contributed by atoms with Crippen LogP contribution in [-0.4, -0.2) is 44.5 Å². The lowest BCUT2D eigenvalue weighted by molar-refractivity contribution is -0.141. The Morgan fingerprint density at radius 3 is 2.46 bits per heavy atom. The summed E-state index contributed by atoms with van der Waals surface area (Å²) in [5.74, 6) is -0.0879. The average molecular weight is 361 g/mol. The van der Waals surface area contributed by atoms with Gasteiger partial charge in [-0.3, -0.25) is 14.4 Å². The number of esters is 1. The number of nitrogens with one attached hydrogen (secondary N) is 3. The van der Waals surface area contributed by atoms with Crippen molar-refractivity contribution in [1.29, 1.82) is 0 Å². The third-order valence-corrected chi connectivity index (χ3v) is 4.50. The highest BCUT2D eigenvalue weighted by Crippen LogP contribution is 2.18. The van der Waals surface area contributed by atoms with E-state index in [0.29, 0.717) is 12.3 Å². The third-order valence-electron chi connectivity index (χ3n) is 4.50. The van der Waals surface area contributed by atoms with Crippen molar-refractivity contribution in [3.8, 4) is 0 Å². The number of hydrogen-bond donors (Lipinski definition) is 3. The number of amides is 2. The van der Waals surface area contributed by atoms with E-state index in [9.17, 15) is 14.4 Å². The molecule has 7 heteroatoms. The summed E-state index contributed by atoms with van der Waals surface area (Å²) in [6.45, 7) is 1.95. The fourth-order valence-electron chi connectivity index (χ4n) is 2.93. The van der Waals surface area contributed by atoms with E-state index < -0.39 is 5.97 Å². The van der Waals surface area contributed by atoms with Crippen molar-refractivity contribution < 1.29 is 19.1 Å². The van der Waals surface area contributed by atoms with E-state index in [1.165, 1.54) is 7.11 Å². The number of methoxy groups -OCH3 is 1. The molecule has 2 rings (SSSR count). The molecule has 0 bridgehead atoms. The molecule has 1 saturated heterocycles. The minimum absolute atomic E-state index is 0.0205. The molecule has 1 heterocycles. The second-order valence-corrected chi connectivity index (χ2v) is 6.51. The molecule has 3 N–H and O–H groups in total. The molecule has 0 radical (unpaired) electrons. The molecule has 0 aromatic heterocycles. The minimum Gasteiger partial charge on any atom is -0.468 e. The molecule has 1 aromatic carbocycles. The Morgan fingerprint density at radius 1 is 1.12 bits per heavy atom. The van der Waals surface area contributed by atoms with Gasteiger partial charge < -0.3 is 20.7 Å². The van der Waals surface area contributed by atoms with Crippen LogP contribution in [0.2, 0.25) is 0 Å². The van der Waals surface area contributed by atoms with Crippen molar-refractivity contribution in [2.45, 2.75) is 32.1 Å². The van der Waals surface area contributed by atoms with E-state index in [2.05, 4.69) is 20.7 Å². The molecule has 26 heavy (non-hydrogen) atoms. The van der Waals surface area contributed by atoms with Crippen LogP contribution in [0.4, 0.5) is 5.69 Å². The van der Waals surface area contributed by atoms with Crippen LogP contribution in [0.1, 0.15) is 31.2 Å². The Labute approximate surface area is 153 Å². The van der Waals surface area contributed by atoms with Crippen LogP contribution in [-0.2, 0) is 25.5 Å². The van der Waals surface area contributed by atoms with Crippen molar-refractivity contribution in [3.63, 3.8) is 0 Å². The van der Waals surface area contributed by atoms with E-state index in [1.807, 2.05) is 0 Å². The van der Waals surface area contributed by atoms with Crippen LogP contribution < -0.4 is 16.0 Å². The van der Waals surface area contributed by atoms with E-state index in [0.717, 1.165) is 43.6 Å². The lowest BCUT2D eigenvalue weighted by atomic mass is 9.93. The maximum atomic E-state index is 12.1. The molecule has 0 saturated carbocycles. The summed E-state index contributed by atoms with van der Waals surface area (Å²) in [5, 5.41) is 8.71. The van der Waals surface area contributed by atoms with Gasteiger partial charge in [0.1, 0.15) is 6.54 Å². The number of carbonyl (C=O) groups is 3. The minimum atomic E-state index is -0.485. The molecule has 142 valence electrons. The number of piperidine rings is 1. The van der Waals surface area contributed by atoms with Gasteiger partial charge in [0.25, 0.3) is 0 Å². The Morgan fingerprint density at radius 2 is 1.81 bits per heavy atom. The first-order valence-electron chi connectivity index (χ1n) is 9.00. The SMILES string of the molecule is COC(=O)CNC(=O)Cc1ccc(NC(=O)CCC2CCNCC2)cc1. The van der Waals surface area contributed by atoms with Crippen LogP contribution >= 0.6 is 0 Å². The molecule has 0 spiro atoms. The molecule has 0 atom stereocenters. The lowest BCUT2D eigenvalue weighted by Gasteiger charge is -2.22. The summed E-state index contributed by atoms with van der Waals surface area (Å²) < 4.78 is 4.46. The zero-order chi connectivity index (χ0) is 18.8. The highest BCUT2D eigenvalue weighted by Gasteiger charge is 2.14. The van der Waals surface area contributed by atoms with E-state index in [1.54, 1.807) is 24.3 Å². The monoisotopic (exact) mass is 361 g/mol. The van der Waals surface area contributed by atoms with Crippen LogP contribution in [0.3, 0.4) is 0 Å². The second-order valence-electron chi connectivity index (χ2n) is 6.51. The number of hydrogen-bond acceptors (Lipinski definition) is 5. The van der Waals surface area contributed by atoms with Gasteiger partial charge in [0.05, 0.1) is 13.5 Å². The molecule has 1 fully saturated rings. The predicted molar refractivity (Wildman–Crippen MR) is 98.6 cm³/mol. The highest BCUT2D eigenvalue weighted by molar-refractivity contribution is 5.90. The van der Waals surface area contributed by atoms with E-state index in [-0.39, 0.29) is 24.8 Å². The standard InChI is InChI=1S/C19H27N3O4/c1-26-19(25)13-21-18(24)12-15-2-5-16(6-3-15)22-17(23)7-4-14-8-10-20-11-9-14/h2-3,5-6,14,20H,4,7-13H2,1H3,(H,21,24)(H,22,23). The topological polar surface area (TPSA) is 96.5 Å². The number of ether oxygens (including phenoxy) is 1. The second kappa shape index (κ2) is 10.6. The van der Waals surface area contributed by atoms with Gasteiger partial charge in [0.2, 0.25) is 11.8 Å². The van der Waals surface area contributed by atoms with Crippen LogP contribution in [0, 0.1) is 5.92 Å². The summed E-state index contributed by atoms with van der Waals surface area (Å²) in [6, 6.07) is 7.15. The number of carbonyl (C=O) groups excluding carboxylic acids is 3. The summed E-state index contributed by atoms with van der Waals surface area (Å²) >= 11 is 0. The number of rotatable bonds is 8. The number of benzene rings is 1. The lowest BCUT2D eigenvalue weighted by Crippen LogP contribution is -2.31. The average Bonchev–Trinajstić information content (AvgIpc) is 2.67. The van der Waals surface area contributed by atoms with Gasteiger partial charge in [-0.1, -0.05) is 12.1 Å². The maximum absolute atomic E-state index is 12.1. The van der Waals surface area contributed by atoms with Gasteiger partial charge in [-0.15, -0.1) is 0 Å². The Balaban J connectivity index is 1.71. The molecule has 0 aliphatic carbocycles. The van der Waals surface area contributed by atoms with Gasteiger partial charge in [0, 0.05) is 12.1 Å². The van der Waals surface area contributed by atoms with E-state index in [4.69, 9.17) is 0 Å². The normalized spacial score (nSPS) is 14.5. The first-order chi connectivity index (χ1) is 12.6. The van der Waals surface area contributed by atoms with Crippen molar-refractivity contribution in [2.24, 2.45) is 5.92 Å². The highest BCUT2D eigenvalue weighted by atomic mass is 16.5. The molecule has 0 unspecified atom stereocenters. The fourth-order valence-corrected chi connectivity index (χ4v) is 2.93. The first kappa shape index (κ1) is 19.9. The summed E-state index contributed by atoms with van der Waals surface area (Å²) in [7, 11) is 1.27. The van der Waals surface area contributed by atoms with Crippen molar-refractivity contribution in [3.05, 3.63) is 29.8 Å². The van der Waals surface area contributed by atoms with Crippen LogP contribution in [0.5, 0.6) is 0 Å². The molecule has 2 amide bonds. The van der Waals surface area contributed by atoms with Gasteiger partial charge in [0.15, 0.2) is 0 Å². The smallest absolute Gasteiger partial charge is 0.325 e. The molecule has 7 nitrogen and oxygen atoms in total. The van der Waals surface area contributed by atoms with Gasteiger partial charge in [-0.25, -0.2) is 0 Å². The quantitative estimate of drug-likeness (QED) is 0.605. The number of anilines is 1. The van der Waals surface area contributed by atoms with Crippen molar-refractivity contribution >= 4 is 23.5 Å². The Kier molecular flexibility index (Phi) is 8.08. The fraction of sp³-hybridized carbons (Fsp3) is 0.526. The van der Waals surface area contributed by atoms with Crippen molar-refractivity contribution in [2.75, 3.05) is 32.1 Å². The van der Waals surface area contributed by atoms with Crippen molar-refractivity contribution in [1.82, 2.24) is 10.6 Å². The first-order valence-corrected chi connectivity index (χ1v) is 9.00. The molecule has 1 aliphatic heterocycles. The molecule has 1 aliphatic rings. The molecule has 1 aromatic rings. The summed E-state index contributed by atoms with van der Waals surface area (Å²) in [5.41, 5.74) is 1.53. The van der Waals surface area contributed by atoms with Crippen LogP contribution in [0.15, 0.2) is 24.3 Å². The summed E-state index contributed by atoms with van der Waals surface area (Å²) in [4.78, 5) is 34.8. The molecular weight excluding hydrogens is 334 g/mol. The van der Waals surface area contributed by atoms with E-state index >= 15 is 0 Å². The summed E-state index contributed by atoms with van der Waals surface area (Å²) in [6.07, 6.45) is 3.90. The molecular formula is C19H27N3O4. The van der Waals surface area contributed by atoms with Crippen LogP contribution in [0.25, 0.3) is 0 Å². The van der Waals surface area contributed by atoms with Gasteiger partial charge >= 0.3 is 5.97 Å². The zero-order valence-electron chi connectivity index (χ0n) is 15.2. The Bertz CT molecular complexity index is 610. The zero-order valence-corrected chi connectivity index (χ0v) is 15.2. The Hall–Kier alpha value is -2.41. The maximum Gasteiger partial charge on any atom is 0.325 e. The predicted octanol–water partition coefficient (Wildman–Crippen LogP) is 1.24. The third kappa shape index (κ3) is 7.23.